The van der Waals surface area contributed by atoms with Gasteiger partial charge in [-0.15, -0.1) is 0 Å². The fraction of sp³-hybridized carbons (Fsp3) is 0.889. The van der Waals surface area contributed by atoms with Crippen LogP contribution >= 0.6 is 0 Å². The molecule has 1 aliphatic rings. The van der Waals surface area contributed by atoms with Gasteiger partial charge in [0.1, 0.15) is 5.78 Å². The molecule has 2 heteroatoms. The largest absolute Gasteiger partial charge is 0.396 e. The van der Waals surface area contributed by atoms with Crippen molar-refractivity contribution in [3.05, 3.63) is 0 Å². The van der Waals surface area contributed by atoms with Crippen LogP contribution in [0.15, 0.2) is 0 Å². The lowest BCUT2D eigenvalue weighted by atomic mass is 10.00. The third kappa shape index (κ3) is 1.80. The molecule has 1 saturated carbocycles. The molecule has 2 nitrogen and oxygen atoms in total. The molecule has 0 aromatic rings. The normalized spacial score (nSPS) is 37.5. The van der Waals surface area contributed by atoms with E-state index in [1.54, 1.807) is 6.92 Å². The Morgan fingerprint density at radius 2 is 2.18 bits per heavy atom. The van der Waals surface area contributed by atoms with Gasteiger partial charge in [0.15, 0.2) is 0 Å². The van der Waals surface area contributed by atoms with E-state index >= 15 is 0 Å². The smallest absolute Gasteiger partial charge is 0.132 e. The van der Waals surface area contributed by atoms with Gasteiger partial charge in [-0.05, 0) is 31.6 Å². The minimum Gasteiger partial charge on any atom is -0.396 e. The third-order valence-electron chi connectivity index (χ3n) is 2.86. The molecule has 1 unspecified atom stereocenters. The Morgan fingerprint density at radius 3 is 2.45 bits per heavy atom. The average Bonchev–Trinajstić information content (AvgIpc) is 2.31. The van der Waals surface area contributed by atoms with E-state index in [0.717, 1.165) is 12.8 Å². The summed E-state index contributed by atoms with van der Waals surface area (Å²) in [6, 6.07) is 0. The zero-order valence-corrected chi connectivity index (χ0v) is 7.21. The second-order valence-electron chi connectivity index (χ2n) is 3.70. The molecule has 0 saturated heterocycles. The fourth-order valence-corrected chi connectivity index (χ4v) is 1.92. The van der Waals surface area contributed by atoms with Crippen LogP contribution in [0, 0.1) is 17.8 Å². The van der Waals surface area contributed by atoms with Crippen molar-refractivity contribution >= 4 is 5.78 Å². The monoisotopic (exact) mass is 156 g/mol. The lowest BCUT2D eigenvalue weighted by Gasteiger charge is -2.09. The van der Waals surface area contributed by atoms with Crippen molar-refractivity contribution in [2.24, 2.45) is 17.8 Å². The highest BCUT2D eigenvalue weighted by molar-refractivity contribution is 5.78. The van der Waals surface area contributed by atoms with E-state index in [1.165, 1.54) is 0 Å². The number of Topliss-reactive ketones (excluding diaryl/α,β-unsaturated/α-hetero) is 1. The number of hydrogen-bond donors (Lipinski definition) is 1. The van der Waals surface area contributed by atoms with Crippen molar-refractivity contribution in [1.82, 2.24) is 0 Å². The number of aliphatic hydroxyl groups excluding tert-OH is 1. The molecule has 0 heterocycles. The molecule has 1 N–H and O–H groups in total. The summed E-state index contributed by atoms with van der Waals surface area (Å²) in [7, 11) is 0. The minimum atomic E-state index is 0.224. The van der Waals surface area contributed by atoms with Gasteiger partial charge in [-0.25, -0.2) is 0 Å². The van der Waals surface area contributed by atoms with Crippen LogP contribution in [0.2, 0.25) is 0 Å². The summed E-state index contributed by atoms with van der Waals surface area (Å²) < 4.78 is 0. The number of carbonyl (C=O) groups excluding carboxylic acids is 1. The first kappa shape index (κ1) is 8.72. The molecule has 1 rings (SSSR count). The second-order valence-corrected chi connectivity index (χ2v) is 3.70. The molecule has 0 bridgehead atoms. The van der Waals surface area contributed by atoms with Gasteiger partial charge in [-0.1, -0.05) is 6.92 Å². The SMILES string of the molecule is CC(=O)C1C[C@H](CO)[C@@H](C)C1. The molecular weight excluding hydrogens is 140 g/mol. The van der Waals surface area contributed by atoms with Gasteiger partial charge in [0.25, 0.3) is 0 Å². The molecule has 0 aromatic heterocycles. The maximum absolute atomic E-state index is 11.0. The molecule has 64 valence electrons. The van der Waals surface area contributed by atoms with Crippen LogP contribution < -0.4 is 0 Å². The number of hydrogen-bond acceptors (Lipinski definition) is 2. The highest BCUT2D eigenvalue weighted by Crippen LogP contribution is 2.35. The molecule has 0 amide bonds. The van der Waals surface area contributed by atoms with E-state index in [9.17, 15) is 4.79 Å². The first-order chi connectivity index (χ1) is 5.15. The van der Waals surface area contributed by atoms with Gasteiger partial charge in [0, 0.05) is 12.5 Å². The highest BCUT2D eigenvalue weighted by atomic mass is 16.3. The van der Waals surface area contributed by atoms with Gasteiger partial charge in [-0.3, -0.25) is 4.79 Å². The number of ketones is 1. The van der Waals surface area contributed by atoms with Crippen molar-refractivity contribution in [2.75, 3.05) is 6.61 Å². The predicted octanol–water partition coefficient (Wildman–Crippen LogP) is 1.23. The Bertz CT molecular complexity index is 154. The zero-order valence-electron chi connectivity index (χ0n) is 7.21. The van der Waals surface area contributed by atoms with Crippen molar-refractivity contribution in [3.8, 4) is 0 Å². The van der Waals surface area contributed by atoms with Crippen LogP contribution in [-0.4, -0.2) is 17.5 Å². The van der Waals surface area contributed by atoms with Crippen LogP contribution in [0.1, 0.15) is 26.7 Å². The number of aliphatic hydroxyl groups is 1. The second kappa shape index (κ2) is 3.35. The molecule has 0 aliphatic heterocycles. The van der Waals surface area contributed by atoms with Crippen molar-refractivity contribution < 1.29 is 9.90 Å². The lowest BCUT2D eigenvalue weighted by Crippen LogP contribution is -2.09. The quantitative estimate of drug-likeness (QED) is 0.653. The molecule has 1 fully saturated rings. The Balaban J connectivity index is 2.49. The van der Waals surface area contributed by atoms with Crippen molar-refractivity contribution in [2.45, 2.75) is 26.7 Å². The van der Waals surface area contributed by atoms with E-state index in [4.69, 9.17) is 5.11 Å². The standard InChI is InChI=1S/C9H16O2/c1-6-3-8(7(2)11)4-9(6)5-10/h6,8-10H,3-5H2,1-2H3/t6-,8?,9+/m0/s1. The van der Waals surface area contributed by atoms with Crippen molar-refractivity contribution in [1.29, 1.82) is 0 Å². The van der Waals surface area contributed by atoms with Gasteiger partial charge in [0.2, 0.25) is 0 Å². The van der Waals surface area contributed by atoms with Crippen LogP contribution in [0.25, 0.3) is 0 Å². The molecule has 0 spiro atoms. The Hall–Kier alpha value is -0.370. The molecule has 0 radical (unpaired) electrons. The number of rotatable bonds is 2. The first-order valence-corrected chi connectivity index (χ1v) is 4.26. The summed E-state index contributed by atoms with van der Waals surface area (Å²) in [4.78, 5) is 11.0. The average molecular weight is 156 g/mol. The van der Waals surface area contributed by atoms with Crippen LogP contribution in [0.4, 0.5) is 0 Å². The van der Waals surface area contributed by atoms with E-state index in [2.05, 4.69) is 6.92 Å². The molecule has 11 heavy (non-hydrogen) atoms. The fourth-order valence-electron chi connectivity index (χ4n) is 1.92. The van der Waals surface area contributed by atoms with E-state index in [0.29, 0.717) is 11.8 Å². The zero-order chi connectivity index (χ0) is 8.43. The number of carbonyl (C=O) groups is 1. The Kier molecular flexibility index (Phi) is 2.66. The maximum atomic E-state index is 11.0. The Labute approximate surface area is 67.6 Å². The van der Waals surface area contributed by atoms with E-state index in [1.807, 2.05) is 0 Å². The van der Waals surface area contributed by atoms with Crippen molar-refractivity contribution in [3.63, 3.8) is 0 Å². The van der Waals surface area contributed by atoms with Gasteiger partial charge in [0.05, 0.1) is 0 Å². The summed E-state index contributed by atoms with van der Waals surface area (Å²) in [5.41, 5.74) is 0. The Morgan fingerprint density at radius 1 is 1.55 bits per heavy atom. The maximum Gasteiger partial charge on any atom is 0.132 e. The van der Waals surface area contributed by atoms with Crippen LogP contribution in [-0.2, 0) is 4.79 Å². The lowest BCUT2D eigenvalue weighted by molar-refractivity contribution is -0.120. The van der Waals surface area contributed by atoms with Gasteiger partial charge >= 0.3 is 0 Å². The summed E-state index contributed by atoms with van der Waals surface area (Å²) in [6.07, 6.45) is 1.87. The summed E-state index contributed by atoms with van der Waals surface area (Å²) >= 11 is 0. The summed E-state index contributed by atoms with van der Waals surface area (Å²) in [5.74, 6) is 1.40. The minimum absolute atomic E-state index is 0.224. The molecule has 3 atom stereocenters. The van der Waals surface area contributed by atoms with E-state index < -0.39 is 0 Å². The summed E-state index contributed by atoms with van der Waals surface area (Å²) in [6.45, 7) is 4.01. The third-order valence-corrected chi connectivity index (χ3v) is 2.86. The van der Waals surface area contributed by atoms with Gasteiger partial charge in [-0.2, -0.15) is 0 Å². The summed E-state index contributed by atoms with van der Waals surface area (Å²) in [5, 5.41) is 8.92. The van der Waals surface area contributed by atoms with Crippen LogP contribution in [0.5, 0.6) is 0 Å². The predicted molar refractivity (Wildman–Crippen MR) is 43.1 cm³/mol. The topological polar surface area (TPSA) is 37.3 Å². The molecule has 0 aromatic carbocycles. The molecular formula is C9H16O2. The molecule has 1 aliphatic carbocycles. The highest BCUT2D eigenvalue weighted by Gasteiger charge is 2.32. The van der Waals surface area contributed by atoms with Gasteiger partial charge < -0.3 is 5.11 Å². The van der Waals surface area contributed by atoms with E-state index in [-0.39, 0.29) is 18.3 Å². The van der Waals surface area contributed by atoms with Crippen LogP contribution in [0.3, 0.4) is 0 Å². The first-order valence-electron chi connectivity index (χ1n) is 4.26.